The number of nitrogens with zero attached hydrogens (tertiary/aromatic N) is 1. The van der Waals surface area contributed by atoms with E-state index in [2.05, 4.69) is 37.9 Å². The monoisotopic (exact) mass is 430 g/mol. The van der Waals surface area contributed by atoms with Crippen molar-refractivity contribution in [3.8, 4) is 5.75 Å². The van der Waals surface area contributed by atoms with Crippen LogP contribution >= 0.6 is 0 Å². The van der Waals surface area contributed by atoms with Gasteiger partial charge in [-0.25, -0.2) is 4.79 Å². The molecule has 1 aromatic heterocycles. The molecule has 7 heteroatoms. The van der Waals surface area contributed by atoms with Gasteiger partial charge in [0, 0.05) is 48.6 Å². The lowest BCUT2D eigenvalue weighted by Crippen LogP contribution is -2.58. The van der Waals surface area contributed by atoms with Crippen LogP contribution in [0.25, 0.3) is 11.0 Å². The summed E-state index contributed by atoms with van der Waals surface area (Å²) in [6.07, 6.45) is 0.926. The second-order valence-electron chi connectivity index (χ2n) is 9.11. The van der Waals surface area contributed by atoms with Gasteiger partial charge in [0.2, 0.25) is 5.91 Å². The van der Waals surface area contributed by atoms with Gasteiger partial charge < -0.3 is 19.2 Å². The number of benzene rings is 1. The number of nitrogens with one attached hydrogen (secondary N) is 1. The summed E-state index contributed by atoms with van der Waals surface area (Å²) in [7, 11) is 1.57. The van der Waals surface area contributed by atoms with Crippen molar-refractivity contribution in [2.75, 3.05) is 26.7 Å². The molecule has 0 bridgehead atoms. The lowest BCUT2D eigenvalue weighted by atomic mass is 9.99. The average Bonchev–Trinajstić information content (AvgIpc) is 2.71. The van der Waals surface area contributed by atoms with Crippen LogP contribution in [-0.2, 0) is 16.0 Å². The van der Waals surface area contributed by atoms with E-state index in [1.165, 1.54) is 0 Å². The van der Waals surface area contributed by atoms with Gasteiger partial charge in [0.1, 0.15) is 11.3 Å². The number of morpholine rings is 1. The maximum Gasteiger partial charge on any atom is 0.339 e. The third-order valence-corrected chi connectivity index (χ3v) is 6.09. The second kappa shape index (κ2) is 9.40. The fraction of sp³-hybridized carbons (Fsp3) is 0.583. The first-order valence-corrected chi connectivity index (χ1v) is 10.9. The summed E-state index contributed by atoms with van der Waals surface area (Å²) in [5.74, 6) is 0.560. The standard InChI is InChI=1S/C24H34N2O5/c1-15-12-26(13-16(2)30-15)24(4,5)14-25-22(27)10-9-20-17(3)19-8-7-18(29-6)11-21(19)31-23(20)28/h7-8,11,15-16H,9-10,12-14H2,1-6H3,(H,25,27). The number of amides is 1. The number of rotatable bonds is 7. The molecule has 1 aliphatic rings. The number of fused-ring (bicyclic) bond motifs is 1. The van der Waals surface area contributed by atoms with Crippen LogP contribution in [0.15, 0.2) is 27.4 Å². The Morgan fingerprint density at radius 3 is 2.58 bits per heavy atom. The predicted molar refractivity (Wildman–Crippen MR) is 121 cm³/mol. The zero-order valence-electron chi connectivity index (χ0n) is 19.4. The van der Waals surface area contributed by atoms with Crippen molar-refractivity contribution in [2.24, 2.45) is 0 Å². The Kier molecular flexibility index (Phi) is 7.06. The van der Waals surface area contributed by atoms with Crippen molar-refractivity contribution in [3.05, 3.63) is 39.7 Å². The SMILES string of the molecule is COc1ccc2c(C)c(CCC(=O)NCC(C)(C)N3CC(C)OC(C)C3)c(=O)oc2c1. The van der Waals surface area contributed by atoms with E-state index in [9.17, 15) is 9.59 Å². The highest BCUT2D eigenvalue weighted by Gasteiger charge is 2.33. The minimum atomic E-state index is -0.400. The van der Waals surface area contributed by atoms with Gasteiger partial charge in [-0.15, -0.1) is 0 Å². The first kappa shape index (κ1) is 23.3. The minimum Gasteiger partial charge on any atom is -0.497 e. The smallest absolute Gasteiger partial charge is 0.339 e. The molecule has 7 nitrogen and oxygen atoms in total. The normalized spacial score (nSPS) is 20.1. The van der Waals surface area contributed by atoms with E-state index in [1.807, 2.05) is 19.1 Å². The Labute approximate surface area is 183 Å². The summed E-state index contributed by atoms with van der Waals surface area (Å²) in [5, 5.41) is 3.89. The first-order valence-electron chi connectivity index (χ1n) is 10.9. The van der Waals surface area contributed by atoms with Crippen LogP contribution < -0.4 is 15.7 Å². The minimum absolute atomic E-state index is 0.0731. The van der Waals surface area contributed by atoms with Crippen LogP contribution in [0.1, 0.15) is 45.2 Å². The zero-order chi connectivity index (χ0) is 22.8. The zero-order valence-corrected chi connectivity index (χ0v) is 19.4. The lowest BCUT2D eigenvalue weighted by Gasteiger charge is -2.45. The van der Waals surface area contributed by atoms with Gasteiger partial charge in [0.05, 0.1) is 19.3 Å². The molecule has 1 N–H and O–H groups in total. The molecule has 1 amide bonds. The average molecular weight is 431 g/mol. The number of ether oxygens (including phenoxy) is 2. The third kappa shape index (κ3) is 5.46. The quantitative estimate of drug-likeness (QED) is 0.680. The summed E-state index contributed by atoms with van der Waals surface area (Å²) in [5.41, 5.74) is 1.30. The molecule has 2 heterocycles. The molecule has 1 aliphatic heterocycles. The third-order valence-electron chi connectivity index (χ3n) is 6.09. The predicted octanol–water partition coefficient (Wildman–Crippen LogP) is 3.05. The summed E-state index contributed by atoms with van der Waals surface area (Å²) < 4.78 is 16.5. The van der Waals surface area contributed by atoms with Gasteiger partial charge in [-0.1, -0.05) is 0 Å². The Hall–Kier alpha value is -2.38. The molecule has 1 fully saturated rings. The van der Waals surface area contributed by atoms with Crippen molar-refractivity contribution in [3.63, 3.8) is 0 Å². The molecular formula is C24H34N2O5. The Morgan fingerprint density at radius 1 is 1.26 bits per heavy atom. The topological polar surface area (TPSA) is 81.0 Å². The maximum atomic E-state index is 12.5. The van der Waals surface area contributed by atoms with Crippen LogP contribution in [0.4, 0.5) is 0 Å². The lowest BCUT2D eigenvalue weighted by molar-refractivity contribution is -0.122. The molecule has 170 valence electrons. The van der Waals surface area contributed by atoms with Gasteiger partial charge >= 0.3 is 5.63 Å². The molecule has 1 aromatic carbocycles. The molecule has 0 spiro atoms. The fourth-order valence-corrected chi connectivity index (χ4v) is 4.22. The van der Waals surface area contributed by atoms with Gasteiger partial charge in [-0.3, -0.25) is 9.69 Å². The van der Waals surface area contributed by atoms with Crippen LogP contribution in [0, 0.1) is 6.92 Å². The first-order chi connectivity index (χ1) is 14.6. The van der Waals surface area contributed by atoms with E-state index in [0.717, 1.165) is 24.0 Å². The highest BCUT2D eigenvalue weighted by atomic mass is 16.5. The Morgan fingerprint density at radius 2 is 1.94 bits per heavy atom. The van der Waals surface area contributed by atoms with Crippen LogP contribution in [0.5, 0.6) is 5.75 Å². The highest BCUT2D eigenvalue weighted by molar-refractivity contribution is 5.82. The number of aryl methyl sites for hydroxylation is 1. The molecule has 0 aliphatic carbocycles. The molecule has 2 aromatic rings. The summed E-state index contributed by atoms with van der Waals surface area (Å²) in [6.45, 7) is 12.5. The van der Waals surface area contributed by atoms with E-state index >= 15 is 0 Å². The number of methoxy groups -OCH3 is 1. The van der Waals surface area contributed by atoms with Crippen molar-refractivity contribution in [1.82, 2.24) is 10.2 Å². The summed E-state index contributed by atoms with van der Waals surface area (Å²) >= 11 is 0. The number of hydrogen-bond donors (Lipinski definition) is 1. The summed E-state index contributed by atoms with van der Waals surface area (Å²) in [6, 6.07) is 5.42. The molecule has 1 saturated heterocycles. The maximum absolute atomic E-state index is 12.5. The molecule has 2 atom stereocenters. The molecular weight excluding hydrogens is 396 g/mol. The summed E-state index contributed by atoms with van der Waals surface area (Å²) in [4.78, 5) is 27.4. The van der Waals surface area contributed by atoms with Gasteiger partial charge in [0.25, 0.3) is 0 Å². The molecule has 0 saturated carbocycles. The van der Waals surface area contributed by atoms with E-state index in [4.69, 9.17) is 13.9 Å². The van der Waals surface area contributed by atoms with Crippen molar-refractivity contribution in [1.29, 1.82) is 0 Å². The molecule has 31 heavy (non-hydrogen) atoms. The molecule has 3 rings (SSSR count). The number of hydrogen-bond acceptors (Lipinski definition) is 6. The van der Waals surface area contributed by atoms with Crippen LogP contribution in [-0.4, -0.2) is 55.3 Å². The van der Waals surface area contributed by atoms with Crippen molar-refractivity contribution in [2.45, 2.75) is 65.2 Å². The van der Waals surface area contributed by atoms with Crippen LogP contribution in [0.2, 0.25) is 0 Å². The largest absolute Gasteiger partial charge is 0.497 e. The molecule has 2 unspecified atom stereocenters. The van der Waals surface area contributed by atoms with Crippen molar-refractivity contribution < 1.29 is 18.7 Å². The van der Waals surface area contributed by atoms with E-state index in [-0.39, 0.29) is 30.1 Å². The van der Waals surface area contributed by atoms with Crippen LogP contribution in [0.3, 0.4) is 0 Å². The number of carbonyl (C=O) groups is 1. The highest BCUT2D eigenvalue weighted by Crippen LogP contribution is 2.24. The van der Waals surface area contributed by atoms with Gasteiger partial charge in [-0.05, 0) is 58.7 Å². The van der Waals surface area contributed by atoms with Gasteiger partial charge in [0.15, 0.2) is 0 Å². The Bertz CT molecular complexity index is 987. The molecule has 0 radical (unpaired) electrons. The van der Waals surface area contributed by atoms with E-state index in [1.54, 1.807) is 13.2 Å². The second-order valence-corrected chi connectivity index (χ2v) is 9.11. The fourth-order valence-electron chi connectivity index (χ4n) is 4.22. The van der Waals surface area contributed by atoms with Gasteiger partial charge in [-0.2, -0.15) is 0 Å². The van der Waals surface area contributed by atoms with E-state index in [0.29, 0.717) is 29.9 Å². The Balaban J connectivity index is 1.62. The van der Waals surface area contributed by atoms with Crippen molar-refractivity contribution >= 4 is 16.9 Å². The number of carbonyl (C=O) groups excluding carboxylic acids is 1. The van der Waals surface area contributed by atoms with E-state index < -0.39 is 5.63 Å².